The quantitative estimate of drug-likeness (QED) is 0.280. The highest BCUT2D eigenvalue weighted by molar-refractivity contribution is 8.00. The maximum absolute atomic E-state index is 12.5. The van der Waals surface area contributed by atoms with Crippen LogP contribution in [0.2, 0.25) is 0 Å². The SMILES string of the molecule is CO/N=C/C(=O)NC1C(=O)N2C(C(=O)O)=C(C[N+]3(C)CCCC3)CSC12. The molecule has 3 heterocycles. The minimum absolute atomic E-state index is 0.0843. The van der Waals surface area contributed by atoms with E-state index in [1.165, 1.54) is 23.8 Å². The predicted molar refractivity (Wildman–Crippen MR) is 95.2 cm³/mol. The van der Waals surface area contributed by atoms with Crippen molar-refractivity contribution in [2.24, 2.45) is 5.16 Å². The van der Waals surface area contributed by atoms with E-state index >= 15 is 0 Å². The van der Waals surface area contributed by atoms with Crippen LogP contribution in [0, 0.1) is 0 Å². The number of quaternary nitrogens is 1. The number of likely N-dealkylation sites (tertiary alicyclic amines) is 1. The van der Waals surface area contributed by atoms with Gasteiger partial charge >= 0.3 is 5.97 Å². The highest BCUT2D eigenvalue weighted by Crippen LogP contribution is 2.41. The third-order valence-corrected chi connectivity index (χ3v) is 6.38. The molecule has 26 heavy (non-hydrogen) atoms. The van der Waals surface area contributed by atoms with E-state index < -0.39 is 29.2 Å². The van der Waals surface area contributed by atoms with Crippen molar-refractivity contribution in [1.82, 2.24) is 10.2 Å². The molecule has 2 atom stereocenters. The second-order valence-electron chi connectivity index (χ2n) is 7.00. The molecule has 2 N–H and O–H groups in total. The highest BCUT2D eigenvalue weighted by Gasteiger charge is 2.54. The molecule has 2 amide bonds. The Labute approximate surface area is 155 Å². The van der Waals surface area contributed by atoms with Crippen molar-refractivity contribution < 1.29 is 28.8 Å². The first-order valence-corrected chi connectivity index (χ1v) is 9.52. The molecule has 9 nitrogen and oxygen atoms in total. The highest BCUT2D eigenvalue weighted by atomic mass is 32.2. The maximum atomic E-state index is 12.5. The van der Waals surface area contributed by atoms with Crippen LogP contribution in [0.5, 0.6) is 0 Å². The van der Waals surface area contributed by atoms with Gasteiger partial charge in [-0.3, -0.25) is 14.5 Å². The molecule has 0 aromatic rings. The molecule has 0 radical (unpaired) electrons. The average molecular weight is 383 g/mol. The topological polar surface area (TPSA) is 108 Å². The normalized spacial score (nSPS) is 27.3. The number of aliphatic carboxylic acids is 1. The molecule has 0 bridgehead atoms. The third-order valence-electron chi connectivity index (χ3n) is 5.04. The smallest absolute Gasteiger partial charge is 0.352 e. The number of nitrogens with one attached hydrogen (secondary N) is 1. The second-order valence-corrected chi connectivity index (χ2v) is 8.11. The number of hydrogen-bond donors (Lipinski definition) is 2. The summed E-state index contributed by atoms with van der Waals surface area (Å²) in [6.07, 6.45) is 3.23. The van der Waals surface area contributed by atoms with E-state index in [9.17, 15) is 19.5 Å². The van der Waals surface area contributed by atoms with Gasteiger partial charge in [0.2, 0.25) is 0 Å². The summed E-state index contributed by atoms with van der Waals surface area (Å²) in [5.41, 5.74) is 0.878. The Kier molecular flexibility index (Phi) is 5.24. The maximum Gasteiger partial charge on any atom is 0.352 e. The third kappa shape index (κ3) is 3.43. The zero-order valence-electron chi connectivity index (χ0n) is 14.8. The van der Waals surface area contributed by atoms with Crippen molar-refractivity contribution in [3.63, 3.8) is 0 Å². The second kappa shape index (κ2) is 7.28. The standard InChI is InChI=1S/C16H22N4O5S/c1-20(5-3-4-6-20)8-10-9-26-15-12(18-11(21)7-17-25-2)14(22)19(15)13(10)16(23)24/h7,12,15H,3-6,8-9H2,1-2H3,(H-,18,21,23,24)/p+1/b17-7+. The lowest BCUT2D eigenvalue weighted by atomic mass is 10.0. The number of likely N-dealkylation sites (N-methyl/N-ethyl adjacent to an activating group) is 1. The zero-order chi connectivity index (χ0) is 18.9. The summed E-state index contributed by atoms with van der Waals surface area (Å²) >= 11 is 1.49. The van der Waals surface area contributed by atoms with Gasteiger partial charge in [-0.2, -0.15) is 0 Å². The van der Waals surface area contributed by atoms with E-state index in [0.29, 0.717) is 12.3 Å². The van der Waals surface area contributed by atoms with Crippen LogP contribution in [0.15, 0.2) is 16.4 Å². The lowest BCUT2D eigenvalue weighted by molar-refractivity contribution is -0.893. The molecular formula is C16H23N4O5S+. The van der Waals surface area contributed by atoms with Gasteiger partial charge < -0.3 is 19.7 Å². The molecular weight excluding hydrogens is 360 g/mol. The van der Waals surface area contributed by atoms with E-state index in [0.717, 1.165) is 42.2 Å². The number of thioether (sulfide) groups is 1. The number of carboxylic acids is 1. The number of carbonyl (C=O) groups excluding carboxylic acids is 2. The molecule has 3 aliphatic heterocycles. The number of oxime groups is 1. The van der Waals surface area contributed by atoms with Crippen LogP contribution in [0.25, 0.3) is 0 Å². The molecule has 0 spiro atoms. The first kappa shape index (κ1) is 18.7. The van der Waals surface area contributed by atoms with Crippen molar-refractivity contribution in [3.8, 4) is 0 Å². The first-order chi connectivity index (χ1) is 12.4. The monoisotopic (exact) mass is 383 g/mol. The van der Waals surface area contributed by atoms with Gasteiger partial charge in [0.15, 0.2) is 0 Å². The molecule has 3 rings (SSSR count). The summed E-state index contributed by atoms with van der Waals surface area (Å²) in [5.74, 6) is -1.50. The van der Waals surface area contributed by atoms with Gasteiger partial charge in [0.25, 0.3) is 11.8 Å². The lowest BCUT2D eigenvalue weighted by Crippen LogP contribution is -2.71. The molecule has 0 saturated carbocycles. The molecule has 2 saturated heterocycles. The van der Waals surface area contributed by atoms with E-state index in [4.69, 9.17) is 0 Å². The van der Waals surface area contributed by atoms with Crippen molar-refractivity contribution in [3.05, 3.63) is 11.3 Å². The van der Waals surface area contributed by atoms with Crippen LogP contribution in [0.4, 0.5) is 0 Å². The summed E-state index contributed by atoms with van der Waals surface area (Å²) < 4.78 is 0.813. The van der Waals surface area contributed by atoms with E-state index in [1.807, 2.05) is 0 Å². The van der Waals surface area contributed by atoms with E-state index in [-0.39, 0.29) is 5.70 Å². The van der Waals surface area contributed by atoms with Gasteiger partial charge in [-0.05, 0) is 0 Å². The van der Waals surface area contributed by atoms with E-state index in [2.05, 4.69) is 22.4 Å². The summed E-state index contributed by atoms with van der Waals surface area (Å²) in [7, 11) is 3.44. The van der Waals surface area contributed by atoms with Crippen molar-refractivity contribution in [2.45, 2.75) is 24.3 Å². The van der Waals surface area contributed by atoms with Gasteiger partial charge in [0, 0.05) is 24.2 Å². The Balaban J connectivity index is 1.77. The average Bonchev–Trinajstić information content (AvgIpc) is 3.03. The predicted octanol–water partition coefficient (Wildman–Crippen LogP) is -0.402. The number of carboxylic acid groups (broad SMARTS) is 1. The number of nitrogens with zero attached hydrogens (tertiary/aromatic N) is 3. The Bertz CT molecular complexity index is 686. The fourth-order valence-corrected chi connectivity index (χ4v) is 5.15. The van der Waals surface area contributed by atoms with Crippen molar-refractivity contribution in [1.29, 1.82) is 0 Å². The number of carbonyl (C=O) groups is 3. The van der Waals surface area contributed by atoms with Gasteiger partial charge in [-0.25, -0.2) is 4.79 Å². The number of rotatable bonds is 6. The molecule has 0 aromatic heterocycles. The molecule has 0 aliphatic carbocycles. The molecule has 3 aliphatic rings. The molecule has 2 fully saturated rings. The van der Waals surface area contributed by atoms with Crippen LogP contribution >= 0.6 is 11.8 Å². The molecule has 0 aromatic carbocycles. The van der Waals surface area contributed by atoms with Gasteiger partial charge in [0.1, 0.15) is 37.0 Å². The van der Waals surface area contributed by atoms with Crippen LogP contribution in [-0.2, 0) is 19.2 Å². The summed E-state index contributed by atoms with van der Waals surface area (Å²) in [6, 6.07) is -0.747. The number of β-lactam (4-membered cyclic amide) rings is 1. The van der Waals surface area contributed by atoms with Gasteiger partial charge in [-0.1, -0.05) is 5.16 Å². The van der Waals surface area contributed by atoms with Gasteiger partial charge in [-0.15, -0.1) is 11.8 Å². The Morgan fingerprint density at radius 2 is 2.15 bits per heavy atom. The molecule has 142 valence electrons. The zero-order valence-corrected chi connectivity index (χ0v) is 15.6. The minimum atomic E-state index is -1.09. The Morgan fingerprint density at radius 3 is 2.77 bits per heavy atom. The number of amides is 2. The molecule has 10 heteroatoms. The molecule has 2 unspecified atom stereocenters. The van der Waals surface area contributed by atoms with Crippen LogP contribution in [0.3, 0.4) is 0 Å². The first-order valence-electron chi connectivity index (χ1n) is 8.47. The minimum Gasteiger partial charge on any atom is -0.477 e. The fourth-order valence-electron chi connectivity index (χ4n) is 3.81. The van der Waals surface area contributed by atoms with Crippen molar-refractivity contribution >= 4 is 35.8 Å². The van der Waals surface area contributed by atoms with E-state index in [1.54, 1.807) is 0 Å². The van der Waals surface area contributed by atoms with Crippen LogP contribution in [0.1, 0.15) is 12.8 Å². The summed E-state index contributed by atoms with van der Waals surface area (Å²) in [4.78, 5) is 41.8. The number of hydrogen-bond acceptors (Lipinski definition) is 6. The summed E-state index contributed by atoms with van der Waals surface area (Å²) in [6.45, 7) is 2.69. The van der Waals surface area contributed by atoms with Crippen molar-refractivity contribution in [2.75, 3.05) is 39.5 Å². The largest absolute Gasteiger partial charge is 0.477 e. The lowest BCUT2D eigenvalue weighted by Gasteiger charge is -2.49. The number of fused-ring (bicyclic) bond motifs is 1. The summed E-state index contributed by atoms with van der Waals surface area (Å²) in [5, 5.41) is 15.2. The Morgan fingerprint density at radius 1 is 1.46 bits per heavy atom. The van der Waals surface area contributed by atoms with Crippen LogP contribution < -0.4 is 5.32 Å². The fraction of sp³-hybridized carbons (Fsp3) is 0.625. The van der Waals surface area contributed by atoms with Gasteiger partial charge in [0.05, 0.1) is 20.1 Å². The Hall–Kier alpha value is -2.07. The van der Waals surface area contributed by atoms with Crippen LogP contribution in [-0.4, -0.2) is 89.4 Å².